The number of hydrogen-bond acceptors (Lipinski definition) is 2. The molecule has 0 radical (unpaired) electrons. The summed E-state index contributed by atoms with van der Waals surface area (Å²) < 4.78 is 13.2. The summed E-state index contributed by atoms with van der Waals surface area (Å²) >= 11 is 1.59. The van der Waals surface area contributed by atoms with Gasteiger partial charge < -0.3 is 0 Å². The molecule has 1 aromatic heterocycles. The first kappa shape index (κ1) is 11.3. The first-order valence-corrected chi connectivity index (χ1v) is 6.29. The highest BCUT2D eigenvalue weighted by atomic mass is 32.1. The first-order chi connectivity index (χ1) is 7.70. The molecule has 0 aliphatic rings. The van der Waals surface area contributed by atoms with Gasteiger partial charge >= 0.3 is 0 Å². The van der Waals surface area contributed by atoms with Crippen LogP contribution in [0.4, 0.5) is 4.39 Å². The van der Waals surface area contributed by atoms with Crippen LogP contribution in [0.1, 0.15) is 24.6 Å². The summed E-state index contributed by atoms with van der Waals surface area (Å²) in [7, 11) is 0. The van der Waals surface area contributed by atoms with Crippen molar-refractivity contribution in [2.24, 2.45) is 0 Å². The summed E-state index contributed by atoms with van der Waals surface area (Å²) in [4.78, 5) is 4.52. The van der Waals surface area contributed by atoms with E-state index in [1.807, 2.05) is 6.92 Å². The van der Waals surface area contributed by atoms with E-state index in [0.29, 0.717) is 0 Å². The second-order valence-corrected chi connectivity index (χ2v) is 4.71. The van der Waals surface area contributed by atoms with Crippen molar-refractivity contribution in [3.8, 4) is 10.6 Å². The van der Waals surface area contributed by atoms with E-state index in [2.05, 4.69) is 17.3 Å². The summed E-state index contributed by atoms with van der Waals surface area (Å²) in [5, 5.41) is 2.98. The highest BCUT2D eigenvalue weighted by Crippen LogP contribution is 2.27. The molecule has 0 saturated carbocycles. The third-order valence-corrected chi connectivity index (χ3v) is 3.41. The fraction of sp³-hybridized carbons (Fsp3) is 0.308. The van der Waals surface area contributed by atoms with Crippen LogP contribution in [-0.4, -0.2) is 4.98 Å². The SMILES string of the molecule is CCCc1csc(-c2cc(F)ccc2C)n1. The third-order valence-electron chi connectivity index (χ3n) is 2.49. The van der Waals surface area contributed by atoms with Gasteiger partial charge in [-0.15, -0.1) is 11.3 Å². The lowest BCUT2D eigenvalue weighted by molar-refractivity contribution is 0.628. The second-order valence-electron chi connectivity index (χ2n) is 3.85. The van der Waals surface area contributed by atoms with Gasteiger partial charge in [0.2, 0.25) is 0 Å². The van der Waals surface area contributed by atoms with E-state index in [-0.39, 0.29) is 5.82 Å². The average molecular weight is 235 g/mol. The van der Waals surface area contributed by atoms with Crippen LogP contribution >= 0.6 is 11.3 Å². The number of hydrogen-bond donors (Lipinski definition) is 0. The molecule has 0 aliphatic heterocycles. The Morgan fingerprint density at radius 3 is 2.94 bits per heavy atom. The number of aryl methyl sites for hydroxylation is 2. The topological polar surface area (TPSA) is 12.9 Å². The smallest absolute Gasteiger partial charge is 0.123 e. The number of aromatic nitrogens is 1. The number of rotatable bonds is 3. The zero-order valence-electron chi connectivity index (χ0n) is 9.46. The van der Waals surface area contributed by atoms with E-state index in [0.717, 1.165) is 34.7 Å². The standard InChI is InChI=1S/C13H14FNS/c1-3-4-11-8-16-13(15-11)12-7-10(14)6-5-9(12)2/h5-8H,3-4H2,1-2H3. The molecule has 0 atom stereocenters. The van der Waals surface area contributed by atoms with Crippen LogP contribution in [0.5, 0.6) is 0 Å². The van der Waals surface area contributed by atoms with E-state index >= 15 is 0 Å². The van der Waals surface area contributed by atoms with Crippen LogP contribution in [0.2, 0.25) is 0 Å². The number of nitrogens with zero attached hydrogens (tertiary/aromatic N) is 1. The van der Waals surface area contributed by atoms with Crippen LogP contribution in [0.15, 0.2) is 23.6 Å². The van der Waals surface area contributed by atoms with Gasteiger partial charge in [-0.05, 0) is 31.0 Å². The van der Waals surface area contributed by atoms with Crippen molar-refractivity contribution in [2.75, 3.05) is 0 Å². The molecule has 0 unspecified atom stereocenters. The molecule has 0 fully saturated rings. The zero-order chi connectivity index (χ0) is 11.5. The van der Waals surface area contributed by atoms with Gasteiger partial charge in [0.05, 0.1) is 5.69 Å². The molecule has 1 aromatic carbocycles. The maximum absolute atomic E-state index is 13.2. The Balaban J connectivity index is 2.38. The Hall–Kier alpha value is -1.22. The van der Waals surface area contributed by atoms with Crippen molar-refractivity contribution in [2.45, 2.75) is 26.7 Å². The van der Waals surface area contributed by atoms with Crippen LogP contribution in [0.3, 0.4) is 0 Å². The summed E-state index contributed by atoms with van der Waals surface area (Å²) in [6.07, 6.45) is 2.08. The van der Waals surface area contributed by atoms with E-state index in [1.54, 1.807) is 23.5 Å². The van der Waals surface area contributed by atoms with Gasteiger partial charge in [0, 0.05) is 10.9 Å². The van der Waals surface area contributed by atoms with Crippen molar-refractivity contribution in [1.29, 1.82) is 0 Å². The van der Waals surface area contributed by atoms with Crippen molar-refractivity contribution < 1.29 is 4.39 Å². The summed E-state index contributed by atoms with van der Waals surface area (Å²) in [6.45, 7) is 4.11. The molecule has 0 saturated heterocycles. The van der Waals surface area contributed by atoms with Crippen molar-refractivity contribution in [1.82, 2.24) is 4.98 Å². The number of benzene rings is 1. The lowest BCUT2D eigenvalue weighted by atomic mass is 10.1. The number of halogens is 1. The first-order valence-electron chi connectivity index (χ1n) is 5.41. The molecule has 2 aromatic rings. The summed E-state index contributed by atoms with van der Waals surface area (Å²) in [6, 6.07) is 4.84. The lowest BCUT2D eigenvalue weighted by Gasteiger charge is -2.01. The van der Waals surface area contributed by atoms with Gasteiger partial charge in [0.25, 0.3) is 0 Å². The van der Waals surface area contributed by atoms with E-state index in [9.17, 15) is 4.39 Å². The fourth-order valence-corrected chi connectivity index (χ4v) is 2.56. The Labute approximate surface area is 99.0 Å². The maximum atomic E-state index is 13.2. The van der Waals surface area contributed by atoms with Gasteiger partial charge in [-0.25, -0.2) is 9.37 Å². The van der Waals surface area contributed by atoms with Gasteiger partial charge in [-0.1, -0.05) is 19.4 Å². The largest absolute Gasteiger partial charge is 0.241 e. The van der Waals surface area contributed by atoms with Gasteiger partial charge in [0.1, 0.15) is 10.8 Å². The van der Waals surface area contributed by atoms with Gasteiger partial charge in [0.15, 0.2) is 0 Å². The minimum atomic E-state index is -0.201. The molecule has 0 amide bonds. The molecule has 0 aliphatic carbocycles. The van der Waals surface area contributed by atoms with E-state index in [1.165, 1.54) is 6.07 Å². The van der Waals surface area contributed by atoms with Crippen molar-refractivity contribution in [3.63, 3.8) is 0 Å². The second kappa shape index (κ2) is 4.74. The predicted molar refractivity (Wildman–Crippen MR) is 66.2 cm³/mol. The normalized spacial score (nSPS) is 10.7. The number of thiazole rings is 1. The maximum Gasteiger partial charge on any atom is 0.123 e. The van der Waals surface area contributed by atoms with Crippen LogP contribution in [-0.2, 0) is 6.42 Å². The molecule has 0 spiro atoms. The molecular formula is C13H14FNS. The minimum absolute atomic E-state index is 0.201. The van der Waals surface area contributed by atoms with Crippen LogP contribution < -0.4 is 0 Å². The van der Waals surface area contributed by atoms with Crippen LogP contribution in [0.25, 0.3) is 10.6 Å². The Bertz CT molecular complexity index is 490. The minimum Gasteiger partial charge on any atom is -0.241 e. The van der Waals surface area contributed by atoms with Gasteiger partial charge in [-0.3, -0.25) is 0 Å². The monoisotopic (exact) mass is 235 g/mol. The zero-order valence-corrected chi connectivity index (χ0v) is 10.3. The van der Waals surface area contributed by atoms with Crippen molar-refractivity contribution >= 4 is 11.3 Å². The summed E-state index contributed by atoms with van der Waals surface area (Å²) in [5.41, 5.74) is 3.08. The molecule has 16 heavy (non-hydrogen) atoms. The molecule has 84 valence electrons. The quantitative estimate of drug-likeness (QED) is 0.776. The predicted octanol–water partition coefficient (Wildman–Crippen LogP) is 4.21. The molecule has 1 heterocycles. The molecule has 1 nitrogen and oxygen atoms in total. The molecule has 0 bridgehead atoms. The molecular weight excluding hydrogens is 221 g/mol. The highest BCUT2D eigenvalue weighted by Gasteiger charge is 2.08. The average Bonchev–Trinajstić information content (AvgIpc) is 2.71. The third kappa shape index (κ3) is 2.30. The highest BCUT2D eigenvalue weighted by molar-refractivity contribution is 7.13. The molecule has 2 rings (SSSR count). The van der Waals surface area contributed by atoms with Gasteiger partial charge in [-0.2, -0.15) is 0 Å². The summed E-state index contributed by atoms with van der Waals surface area (Å²) in [5.74, 6) is -0.201. The Kier molecular flexibility index (Phi) is 3.34. The van der Waals surface area contributed by atoms with Crippen LogP contribution in [0, 0.1) is 12.7 Å². The Morgan fingerprint density at radius 1 is 1.38 bits per heavy atom. The lowest BCUT2D eigenvalue weighted by Crippen LogP contribution is -1.86. The van der Waals surface area contributed by atoms with E-state index in [4.69, 9.17) is 0 Å². The van der Waals surface area contributed by atoms with E-state index < -0.39 is 0 Å². The van der Waals surface area contributed by atoms with Crippen molar-refractivity contribution in [3.05, 3.63) is 40.7 Å². The fourth-order valence-electron chi connectivity index (χ4n) is 1.63. The Morgan fingerprint density at radius 2 is 2.19 bits per heavy atom. The molecule has 3 heteroatoms. The molecule has 0 N–H and O–H groups in total.